The van der Waals surface area contributed by atoms with Gasteiger partial charge in [-0.15, -0.1) is 0 Å². The zero-order valence-electron chi connectivity index (χ0n) is 17.5. The van der Waals surface area contributed by atoms with E-state index in [9.17, 15) is 13.2 Å². The number of nitrogens with zero attached hydrogens (tertiary/aromatic N) is 2. The Kier molecular flexibility index (Phi) is 7.05. The summed E-state index contributed by atoms with van der Waals surface area (Å²) in [5, 5.41) is 0. The number of rotatable bonds is 5. The van der Waals surface area contributed by atoms with E-state index in [4.69, 9.17) is 9.47 Å². The van der Waals surface area contributed by atoms with Gasteiger partial charge < -0.3 is 14.4 Å². The summed E-state index contributed by atoms with van der Waals surface area (Å²) in [6.07, 6.45) is 4.30. The number of amides is 1. The number of carbonyl (C=O) groups is 1. The van der Waals surface area contributed by atoms with Gasteiger partial charge in [0.15, 0.2) is 0 Å². The molecular weight excluding hydrogens is 392 g/mol. The molecule has 0 atom stereocenters. The normalized spacial score (nSPS) is 20.1. The molecule has 1 aromatic rings. The number of piperidine rings is 2. The van der Waals surface area contributed by atoms with Crippen molar-refractivity contribution in [3.8, 4) is 5.75 Å². The summed E-state index contributed by atoms with van der Waals surface area (Å²) >= 11 is 0. The Bertz CT molecular complexity index is 778. The fourth-order valence-corrected chi connectivity index (χ4v) is 4.84. The molecule has 0 radical (unpaired) electrons. The van der Waals surface area contributed by atoms with E-state index in [0.29, 0.717) is 32.1 Å². The second-order valence-corrected chi connectivity index (χ2v) is 10.2. The first kappa shape index (κ1) is 21.9. The minimum atomic E-state index is -3.09. The number of carbonyl (C=O) groups excluding carboxylic acids is 1. The average Bonchev–Trinajstić information content (AvgIpc) is 2.68. The second-order valence-electron chi connectivity index (χ2n) is 8.24. The van der Waals surface area contributed by atoms with Gasteiger partial charge in [0.25, 0.3) is 0 Å². The molecule has 8 heteroatoms. The van der Waals surface area contributed by atoms with Gasteiger partial charge in [-0.05, 0) is 50.3 Å². The molecular formula is C21H32N2O5S. The van der Waals surface area contributed by atoms with E-state index in [0.717, 1.165) is 31.4 Å². The zero-order chi connectivity index (χ0) is 21.0. The van der Waals surface area contributed by atoms with Crippen LogP contribution < -0.4 is 4.74 Å². The first-order chi connectivity index (χ1) is 13.7. The minimum absolute atomic E-state index is 0.0990. The topological polar surface area (TPSA) is 76.2 Å². The molecule has 2 heterocycles. The van der Waals surface area contributed by atoms with Crippen LogP contribution in [0.25, 0.3) is 0 Å². The van der Waals surface area contributed by atoms with Crippen molar-refractivity contribution in [2.24, 2.45) is 0 Å². The zero-order valence-corrected chi connectivity index (χ0v) is 18.4. The predicted octanol–water partition coefficient (Wildman–Crippen LogP) is 3.21. The Labute approximate surface area is 174 Å². The molecule has 2 fully saturated rings. The predicted molar refractivity (Wildman–Crippen MR) is 112 cm³/mol. The third-order valence-corrected chi connectivity index (χ3v) is 6.92. The lowest BCUT2D eigenvalue weighted by molar-refractivity contribution is 0.0517. The van der Waals surface area contributed by atoms with E-state index in [-0.39, 0.29) is 18.3 Å². The molecule has 2 aliphatic rings. The van der Waals surface area contributed by atoms with Crippen LogP contribution >= 0.6 is 0 Å². The number of likely N-dealkylation sites (tertiary alicyclic amines) is 1. The molecule has 3 rings (SSSR count). The summed E-state index contributed by atoms with van der Waals surface area (Å²) in [7, 11) is -3.09. The molecule has 0 saturated carbocycles. The number of ether oxygens (including phenoxy) is 2. The lowest BCUT2D eigenvalue weighted by Gasteiger charge is -2.32. The van der Waals surface area contributed by atoms with Gasteiger partial charge in [-0.25, -0.2) is 17.5 Å². The highest BCUT2D eigenvalue weighted by Crippen LogP contribution is 2.30. The van der Waals surface area contributed by atoms with Crippen LogP contribution in [0.1, 0.15) is 51.0 Å². The molecule has 2 aliphatic heterocycles. The lowest BCUT2D eigenvalue weighted by atomic mass is 9.90. The molecule has 29 heavy (non-hydrogen) atoms. The van der Waals surface area contributed by atoms with Gasteiger partial charge >= 0.3 is 6.09 Å². The summed E-state index contributed by atoms with van der Waals surface area (Å²) in [4.78, 5) is 13.7. The maximum Gasteiger partial charge on any atom is 0.410 e. The van der Waals surface area contributed by atoms with E-state index in [2.05, 4.69) is 12.1 Å². The molecule has 0 bridgehead atoms. The highest BCUT2D eigenvalue weighted by Gasteiger charge is 2.27. The Morgan fingerprint density at radius 2 is 1.59 bits per heavy atom. The molecule has 0 aromatic heterocycles. The van der Waals surface area contributed by atoms with Crippen molar-refractivity contribution < 1.29 is 22.7 Å². The lowest BCUT2D eigenvalue weighted by Crippen LogP contribution is -2.42. The minimum Gasteiger partial charge on any atom is -0.490 e. The van der Waals surface area contributed by atoms with E-state index in [1.165, 1.54) is 11.8 Å². The fraction of sp³-hybridized carbons (Fsp3) is 0.667. The summed E-state index contributed by atoms with van der Waals surface area (Å²) in [5.41, 5.74) is 1.23. The van der Waals surface area contributed by atoms with Gasteiger partial charge in [0.2, 0.25) is 10.0 Å². The van der Waals surface area contributed by atoms with Crippen molar-refractivity contribution in [1.29, 1.82) is 0 Å². The molecule has 0 aliphatic carbocycles. The van der Waals surface area contributed by atoms with Gasteiger partial charge in [0.05, 0.1) is 12.4 Å². The average molecular weight is 425 g/mol. The van der Waals surface area contributed by atoms with Crippen LogP contribution in [0.2, 0.25) is 0 Å². The molecule has 1 aromatic carbocycles. The Hall–Kier alpha value is -1.80. The van der Waals surface area contributed by atoms with E-state index in [1.807, 2.05) is 26.0 Å². The van der Waals surface area contributed by atoms with Crippen molar-refractivity contribution in [2.45, 2.75) is 57.7 Å². The van der Waals surface area contributed by atoms with Gasteiger partial charge in [0.1, 0.15) is 11.9 Å². The van der Waals surface area contributed by atoms with E-state index < -0.39 is 10.0 Å². The van der Waals surface area contributed by atoms with Crippen LogP contribution in [-0.4, -0.2) is 68.4 Å². The van der Waals surface area contributed by atoms with Gasteiger partial charge in [-0.2, -0.15) is 0 Å². The largest absolute Gasteiger partial charge is 0.490 e. The molecule has 7 nitrogen and oxygen atoms in total. The maximum absolute atomic E-state index is 12.0. The molecule has 0 spiro atoms. The SMILES string of the molecule is CC(C)OC(=O)N1CCC(Oc2ccc(C3CCN(S(C)(=O)=O)CC3)cc2)CC1. The van der Waals surface area contributed by atoms with Crippen LogP contribution in [0, 0.1) is 0 Å². The summed E-state index contributed by atoms with van der Waals surface area (Å²) < 4.78 is 36.2. The maximum atomic E-state index is 12.0. The first-order valence-corrected chi connectivity index (χ1v) is 12.2. The van der Waals surface area contributed by atoms with Crippen molar-refractivity contribution in [2.75, 3.05) is 32.4 Å². The van der Waals surface area contributed by atoms with Crippen LogP contribution in [0.15, 0.2) is 24.3 Å². The summed E-state index contributed by atoms with van der Waals surface area (Å²) in [5.74, 6) is 1.22. The highest BCUT2D eigenvalue weighted by atomic mass is 32.2. The van der Waals surface area contributed by atoms with Crippen molar-refractivity contribution >= 4 is 16.1 Å². The smallest absolute Gasteiger partial charge is 0.410 e. The van der Waals surface area contributed by atoms with Crippen LogP contribution in [0.4, 0.5) is 4.79 Å². The van der Waals surface area contributed by atoms with E-state index >= 15 is 0 Å². The number of sulfonamides is 1. The number of hydrogen-bond donors (Lipinski definition) is 0. The Balaban J connectivity index is 1.46. The van der Waals surface area contributed by atoms with Crippen molar-refractivity contribution in [3.63, 3.8) is 0 Å². The monoisotopic (exact) mass is 424 g/mol. The third kappa shape index (κ3) is 6.09. The molecule has 1 amide bonds. The molecule has 2 saturated heterocycles. The number of benzene rings is 1. The Morgan fingerprint density at radius 3 is 2.10 bits per heavy atom. The van der Waals surface area contributed by atoms with Crippen LogP contribution in [0.5, 0.6) is 5.75 Å². The quantitative estimate of drug-likeness (QED) is 0.725. The Morgan fingerprint density at radius 1 is 1.00 bits per heavy atom. The summed E-state index contributed by atoms with van der Waals surface area (Å²) in [6.45, 7) is 6.17. The highest BCUT2D eigenvalue weighted by molar-refractivity contribution is 7.88. The van der Waals surface area contributed by atoms with Crippen LogP contribution in [-0.2, 0) is 14.8 Å². The van der Waals surface area contributed by atoms with E-state index in [1.54, 1.807) is 9.21 Å². The third-order valence-electron chi connectivity index (χ3n) is 5.61. The molecule has 0 N–H and O–H groups in total. The second kappa shape index (κ2) is 9.34. The van der Waals surface area contributed by atoms with Gasteiger partial charge in [-0.1, -0.05) is 12.1 Å². The molecule has 0 unspecified atom stereocenters. The van der Waals surface area contributed by atoms with Gasteiger partial charge in [0, 0.05) is 39.0 Å². The van der Waals surface area contributed by atoms with Crippen molar-refractivity contribution in [1.82, 2.24) is 9.21 Å². The number of hydrogen-bond acceptors (Lipinski definition) is 5. The van der Waals surface area contributed by atoms with Gasteiger partial charge in [-0.3, -0.25) is 0 Å². The summed E-state index contributed by atoms with van der Waals surface area (Å²) in [6, 6.07) is 8.17. The van der Waals surface area contributed by atoms with Crippen molar-refractivity contribution in [3.05, 3.63) is 29.8 Å². The molecule has 162 valence electrons. The fourth-order valence-electron chi connectivity index (χ4n) is 3.96. The first-order valence-electron chi connectivity index (χ1n) is 10.4. The van der Waals surface area contributed by atoms with Crippen LogP contribution in [0.3, 0.4) is 0 Å². The standard InChI is InChI=1S/C21H32N2O5S/c1-16(2)27-21(24)22-12-10-20(11-13-22)28-19-6-4-17(5-7-19)18-8-14-23(15-9-18)29(3,25)26/h4-7,16,18,20H,8-15H2,1-3H3.